The van der Waals surface area contributed by atoms with Crippen molar-refractivity contribution in [1.82, 2.24) is 15.2 Å². The van der Waals surface area contributed by atoms with Crippen molar-refractivity contribution in [2.45, 2.75) is 45.0 Å². The lowest BCUT2D eigenvalue weighted by atomic mass is 9.98. The third-order valence-electron chi connectivity index (χ3n) is 5.40. The molecular weight excluding hydrogens is 480 g/mol. The SMILES string of the molecule is CC(C)(C)C(=O)OCOC(=O)C1=CCS[C@@H]2[C@H](NC(=O)/C(=C\C3CC3)c3csc(N)n3)C(=O)N12. The number of aromatic nitrogens is 1. The summed E-state index contributed by atoms with van der Waals surface area (Å²) in [7, 11) is 0. The molecule has 2 aliphatic heterocycles. The number of carbonyl (C=O) groups excluding carboxylic acids is 4. The van der Waals surface area contributed by atoms with Gasteiger partial charge in [0, 0.05) is 11.1 Å². The van der Waals surface area contributed by atoms with E-state index < -0.39 is 47.4 Å². The highest BCUT2D eigenvalue weighted by Crippen LogP contribution is 2.39. The van der Waals surface area contributed by atoms with Crippen molar-refractivity contribution in [1.29, 1.82) is 0 Å². The van der Waals surface area contributed by atoms with Crippen LogP contribution in [0.1, 0.15) is 39.3 Å². The minimum Gasteiger partial charge on any atom is -0.427 e. The van der Waals surface area contributed by atoms with E-state index in [1.54, 1.807) is 32.2 Å². The van der Waals surface area contributed by atoms with Crippen LogP contribution in [0.15, 0.2) is 23.2 Å². The Morgan fingerprint density at radius 1 is 1.29 bits per heavy atom. The number of fused-ring (bicyclic) bond motifs is 1. The fraction of sp³-hybridized carbons (Fsp3) is 0.500. The molecule has 1 aliphatic carbocycles. The number of hydrogen-bond acceptors (Lipinski definition) is 10. The zero-order valence-electron chi connectivity index (χ0n) is 19.0. The number of esters is 2. The number of rotatable bonds is 7. The Labute approximate surface area is 204 Å². The van der Waals surface area contributed by atoms with Crippen molar-refractivity contribution in [3.8, 4) is 0 Å². The first kappa shape index (κ1) is 24.3. The van der Waals surface area contributed by atoms with Crippen molar-refractivity contribution >= 4 is 57.6 Å². The van der Waals surface area contributed by atoms with Crippen LogP contribution in [-0.4, -0.2) is 57.6 Å². The van der Waals surface area contributed by atoms with Crippen LogP contribution in [0, 0.1) is 11.3 Å². The molecule has 0 bridgehead atoms. The summed E-state index contributed by atoms with van der Waals surface area (Å²) in [5.41, 5.74) is 5.97. The lowest BCUT2D eigenvalue weighted by Crippen LogP contribution is -2.70. The number of thioether (sulfide) groups is 1. The van der Waals surface area contributed by atoms with E-state index in [-0.39, 0.29) is 5.70 Å². The van der Waals surface area contributed by atoms with Crippen molar-refractivity contribution < 1.29 is 28.7 Å². The zero-order valence-corrected chi connectivity index (χ0v) is 20.7. The molecule has 1 saturated heterocycles. The maximum atomic E-state index is 13.1. The monoisotopic (exact) mass is 506 g/mol. The van der Waals surface area contributed by atoms with Gasteiger partial charge in [-0.1, -0.05) is 6.08 Å². The minimum atomic E-state index is -0.786. The minimum absolute atomic E-state index is 0.0760. The average molecular weight is 507 g/mol. The Morgan fingerprint density at radius 3 is 2.65 bits per heavy atom. The highest BCUT2D eigenvalue weighted by Gasteiger charge is 2.53. The smallest absolute Gasteiger partial charge is 0.357 e. The van der Waals surface area contributed by atoms with E-state index in [4.69, 9.17) is 15.2 Å². The molecule has 12 heteroatoms. The molecule has 1 saturated carbocycles. The summed E-state index contributed by atoms with van der Waals surface area (Å²) >= 11 is 2.67. The Balaban J connectivity index is 1.38. The molecule has 2 fully saturated rings. The normalized spacial score (nSPS) is 22.3. The summed E-state index contributed by atoms with van der Waals surface area (Å²) in [5, 5.41) is 4.44. The molecule has 0 radical (unpaired) electrons. The van der Waals surface area contributed by atoms with Crippen molar-refractivity contribution in [3.63, 3.8) is 0 Å². The Bertz CT molecular complexity index is 1090. The van der Waals surface area contributed by atoms with E-state index in [9.17, 15) is 19.2 Å². The highest BCUT2D eigenvalue weighted by molar-refractivity contribution is 8.00. The molecular formula is C22H26N4O6S2. The second-order valence-electron chi connectivity index (χ2n) is 9.19. The molecule has 1 aromatic heterocycles. The molecule has 3 heterocycles. The van der Waals surface area contributed by atoms with Gasteiger partial charge in [-0.15, -0.1) is 23.1 Å². The first-order chi connectivity index (χ1) is 16.1. The first-order valence-corrected chi connectivity index (χ1v) is 12.7. The third-order valence-corrected chi connectivity index (χ3v) is 7.26. The van der Waals surface area contributed by atoms with Gasteiger partial charge in [-0.3, -0.25) is 19.3 Å². The predicted octanol–water partition coefficient (Wildman–Crippen LogP) is 1.89. The number of nitrogen functional groups attached to an aromatic ring is 1. The van der Waals surface area contributed by atoms with E-state index in [0.717, 1.165) is 12.8 Å². The van der Waals surface area contributed by atoms with Gasteiger partial charge in [-0.2, -0.15) is 0 Å². The maximum absolute atomic E-state index is 13.1. The van der Waals surface area contributed by atoms with Crippen molar-refractivity contribution in [3.05, 3.63) is 28.9 Å². The fourth-order valence-electron chi connectivity index (χ4n) is 3.36. The van der Waals surface area contributed by atoms with Crippen molar-refractivity contribution in [2.24, 2.45) is 11.3 Å². The Hall–Kier alpha value is -2.86. The van der Waals surface area contributed by atoms with Gasteiger partial charge in [0.1, 0.15) is 17.1 Å². The molecule has 0 aromatic carbocycles. The van der Waals surface area contributed by atoms with Gasteiger partial charge >= 0.3 is 11.9 Å². The molecule has 10 nitrogen and oxygen atoms in total. The summed E-state index contributed by atoms with van der Waals surface area (Å²) in [4.78, 5) is 55.8. The molecule has 1 aromatic rings. The molecule has 0 spiro atoms. The standard InChI is InChI=1S/C22H26N4O6S2/c1-22(2,3)20(30)32-10-31-19(29)14-6-7-33-18-15(17(28)26(14)18)25-16(27)12(8-11-4-5-11)13-9-34-21(23)24-13/h6,8-9,11,15,18H,4-5,7,10H2,1-3H3,(H2,23,24)(H,25,27)/b12-8-/t15-,18-/m1/s1. The highest BCUT2D eigenvalue weighted by atomic mass is 32.2. The second kappa shape index (κ2) is 9.41. The first-order valence-electron chi connectivity index (χ1n) is 10.8. The van der Waals surface area contributed by atoms with Crippen molar-refractivity contribution in [2.75, 3.05) is 18.3 Å². The lowest BCUT2D eigenvalue weighted by Gasteiger charge is -2.48. The third kappa shape index (κ3) is 5.12. The number of amides is 2. The van der Waals surface area contributed by atoms with Crippen LogP contribution in [0.2, 0.25) is 0 Å². The van der Waals surface area contributed by atoms with Crippen LogP contribution in [0.5, 0.6) is 0 Å². The van der Waals surface area contributed by atoms with Gasteiger partial charge < -0.3 is 20.5 Å². The summed E-state index contributed by atoms with van der Waals surface area (Å²) < 4.78 is 10.0. The summed E-state index contributed by atoms with van der Waals surface area (Å²) in [6.45, 7) is 4.51. The van der Waals surface area contributed by atoms with E-state index in [2.05, 4.69) is 10.3 Å². The van der Waals surface area contributed by atoms with E-state index in [0.29, 0.717) is 28.1 Å². The average Bonchev–Trinajstić information content (AvgIpc) is 3.51. The van der Waals surface area contributed by atoms with E-state index >= 15 is 0 Å². The number of β-lactam (4-membered cyclic amide) rings is 1. The number of nitrogens with one attached hydrogen (secondary N) is 1. The number of carbonyl (C=O) groups is 4. The van der Waals surface area contributed by atoms with Gasteiger partial charge in [0.05, 0.1) is 16.7 Å². The molecule has 2 atom stereocenters. The molecule has 182 valence electrons. The molecule has 4 rings (SSSR count). The molecule has 34 heavy (non-hydrogen) atoms. The number of anilines is 1. The van der Waals surface area contributed by atoms with Gasteiger partial charge in [0.2, 0.25) is 6.79 Å². The molecule has 2 amide bonds. The topological polar surface area (TPSA) is 141 Å². The van der Waals surface area contributed by atoms with Crippen LogP contribution in [0.3, 0.4) is 0 Å². The van der Waals surface area contributed by atoms with E-state index in [1.165, 1.54) is 28.0 Å². The molecule has 3 aliphatic rings. The largest absolute Gasteiger partial charge is 0.427 e. The fourth-order valence-corrected chi connectivity index (χ4v) is 5.12. The lowest BCUT2D eigenvalue weighted by molar-refractivity contribution is -0.173. The Kier molecular flexibility index (Phi) is 6.72. The van der Waals surface area contributed by atoms with Crippen LogP contribution < -0.4 is 11.1 Å². The second-order valence-corrected chi connectivity index (χ2v) is 11.2. The number of ether oxygens (including phenoxy) is 2. The van der Waals surface area contributed by atoms with Crippen LogP contribution in [-0.2, 0) is 28.7 Å². The predicted molar refractivity (Wildman–Crippen MR) is 127 cm³/mol. The number of allylic oxidation sites excluding steroid dienone is 1. The number of nitrogens with two attached hydrogens (primary N) is 1. The van der Waals surface area contributed by atoms with Crippen LogP contribution in [0.25, 0.3) is 5.57 Å². The zero-order chi connectivity index (χ0) is 24.6. The maximum Gasteiger partial charge on any atom is 0.357 e. The summed E-state index contributed by atoms with van der Waals surface area (Å²) in [6, 6.07) is -0.786. The quantitative estimate of drug-likeness (QED) is 0.245. The van der Waals surface area contributed by atoms with Crippen LogP contribution in [0.4, 0.5) is 5.13 Å². The number of nitrogens with zero attached hydrogens (tertiary/aromatic N) is 2. The summed E-state index contributed by atoms with van der Waals surface area (Å²) in [6.07, 6.45) is 5.47. The molecule has 3 N–H and O–H groups in total. The van der Waals surface area contributed by atoms with Crippen LogP contribution >= 0.6 is 23.1 Å². The van der Waals surface area contributed by atoms with E-state index in [1.807, 2.05) is 6.08 Å². The van der Waals surface area contributed by atoms with Gasteiger partial charge in [0.25, 0.3) is 11.8 Å². The van der Waals surface area contributed by atoms with Gasteiger partial charge in [-0.05, 0) is 45.6 Å². The summed E-state index contributed by atoms with van der Waals surface area (Å²) in [5.74, 6) is -1.31. The van der Waals surface area contributed by atoms with Gasteiger partial charge in [0.15, 0.2) is 5.13 Å². The number of hydrogen-bond donors (Lipinski definition) is 2. The Morgan fingerprint density at radius 2 is 2.03 bits per heavy atom. The molecule has 0 unspecified atom stereocenters. The van der Waals surface area contributed by atoms with Gasteiger partial charge in [-0.25, -0.2) is 9.78 Å². The number of thiazole rings is 1.